The van der Waals surface area contributed by atoms with Crippen molar-refractivity contribution in [2.45, 2.75) is 96.6 Å². The number of furan rings is 2. The average Bonchev–Trinajstić information content (AvgIpc) is 4.29. The van der Waals surface area contributed by atoms with E-state index in [0.717, 1.165) is 75.1 Å². The molecule has 2 fully saturated rings. The quantitative estimate of drug-likeness (QED) is 0.0935. The fourth-order valence-electron chi connectivity index (χ4n) is 8.87. The van der Waals surface area contributed by atoms with Crippen LogP contribution in [-0.2, 0) is 31.5 Å². The first-order valence-electron chi connectivity index (χ1n) is 24.5. The summed E-state index contributed by atoms with van der Waals surface area (Å²) < 4.78 is 45.1. The minimum absolute atomic E-state index is 0.0331. The average molecular weight is 1160 g/mol. The molecule has 3 amide bonds. The number of carbonyl (C=O) groups is 4. The number of benzene rings is 3. The van der Waals surface area contributed by atoms with Crippen LogP contribution in [0.5, 0.6) is 11.5 Å². The van der Waals surface area contributed by atoms with E-state index in [0.29, 0.717) is 59.0 Å². The third kappa shape index (κ3) is 14.9. The summed E-state index contributed by atoms with van der Waals surface area (Å²) in [5, 5.41) is 2.90. The fraction of sp³-hybridized carbons (Fsp3) is 0.333. The minimum Gasteiger partial charge on any atom is -0.497 e. The molecule has 3 aromatic carbocycles. The number of Topliss-reactive ketones (excluding diaryl/α,β-unsaturated/α-hetero) is 1. The number of hydrogen-bond acceptors (Lipinski definition) is 10. The monoisotopic (exact) mass is 1150 g/mol. The predicted molar refractivity (Wildman–Crippen MR) is 291 cm³/mol. The van der Waals surface area contributed by atoms with E-state index in [1.54, 1.807) is 86.6 Å². The second kappa shape index (κ2) is 26.8. The lowest BCUT2D eigenvalue weighted by molar-refractivity contribution is 0.0169. The van der Waals surface area contributed by atoms with Crippen LogP contribution in [0.25, 0.3) is 11.3 Å². The van der Waals surface area contributed by atoms with Gasteiger partial charge in [-0.3, -0.25) is 19.2 Å². The van der Waals surface area contributed by atoms with Crippen LogP contribution in [0.2, 0.25) is 0 Å². The zero-order valence-electron chi connectivity index (χ0n) is 42.2. The maximum absolute atomic E-state index is 14.0. The van der Waals surface area contributed by atoms with Gasteiger partial charge in [0.25, 0.3) is 17.7 Å². The lowest BCUT2D eigenvalue weighted by Gasteiger charge is -2.27. The molecule has 7 aromatic rings. The predicted octanol–water partition coefficient (Wildman–Crippen LogP) is 14.2. The number of methoxy groups -OCH3 is 2. The smallest absolute Gasteiger partial charge is 0.290 e. The Kier molecular flexibility index (Phi) is 20.1. The number of ether oxygens (including phenoxy) is 3. The number of nitrogens with zero attached hydrogens (tertiary/aromatic N) is 3. The van der Waals surface area contributed by atoms with Gasteiger partial charge in [0.1, 0.15) is 34.5 Å². The molecule has 17 heteroatoms. The van der Waals surface area contributed by atoms with Crippen molar-refractivity contribution in [1.29, 1.82) is 0 Å². The van der Waals surface area contributed by atoms with Crippen LogP contribution in [0.4, 0.5) is 10.1 Å². The van der Waals surface area contributed by atoms with Crippen LogP contribution in [-0.4, -0.2) is 71.3 Å². The van der Waals surface area contributed by atoms with Crippen LogP contribution >= 0.6 is 43.2 Å². The highest BCUT2D eigenvalue weighted by molar-refractivity contribution is 9.13. The van der Waals surface area contributed by atoms with E-state index in [4.69, 9.17) is 23.0 Å². The molecule has 390 valence electrons. The van der Waals surface area contributed by atoms with E-state index < -0.39 is 0 Å². The van der Waals surface area contributed by atoms with Gasteiger partial charge in [-0.1, -0.05) is 56.4 Å². The van der Waals surface area contributed by atoms with Gasteiger partial charge in [-0.25, -0.2) is 4.39 Å². The summed E-state index contributed by atoms with van der Waals surface area (Å²) in [5.41, 5.74) is 4.04. The van der Waals surface area contributed by atoms with Crippen molar-refractivity contribution < 1.29 is 46.6 Å². The molecule has 1 N–H and O–H groups in total. The highest BCUT2D eigenvalue weighted by Crippen LogP contribution is 2.34. The summed E-state index contributed by atoms with van der Waals surface area (Å²) in [6.45, 7) is 2.92. The third-order valence-corrected chi connectivity index (χ3v) is 16.1. The lowest BCUT2D eigenvalue weighted by atomic mass is 9.98. The molecule has 0 spiro atoms. The molecule has 4 heterocycles. The Morgan fingerprint density at radius 3 is 2.24 bits per heavy atom. The number of nitrogens with one attached hydrogen (secondary N) is 1. The van der Waals surface area contributed by atoms with Gasteiger partial charge in [0.05, 0.1) is 54.0 Å². The van der Waals surface area contributed by atoms with Gasteiger partial charge in [0.2, 0.25) is 0 Å². The lowest BCUT2D eigenvalue weighted by Crippen LogP contribution is -2.38. The molecule has 2 aliphatic carbocycles. The molecule has 0 aliphatic heterocycles. The summed E-state index contributed by atoms with van der Waals surface area (Å²) in [6, 6.07) is 30.2. The Labute approximate surface area is 452 Å². The highest BCUT2D eigenvalue weighted by Gasteiger charge is 2.30. The molecule has 2 saturated carbocycles. The maximum Gasteiger partial charge on any atom is 0.290 e. The summed E-state index contributed by atoms with van der Waals surface area (Å²) in [7, 11) is 6.74. The first-order valence-corrected chi connectivity index (χ1v) is 26.9. The van der Waals surface area contributed by atoms with Crippen molar-refractivity contribution in [3.05, 3.63) is 168 Å². The second-order valence-corrected chi connectivity index (χ2v) is 21.4. The summed E-state index contributed by atoms with van der Waals surface area (Å²) in [6.07, 6.45) is 13.9. The number of anilines is 1. The Bertz CT molecular complexity index is 2970. The van der Waals surface area contributed by atoms with Gasteiger partial charge in [-0.2, -0.15) is 0 Å². The number of rotatable bonds is 16. The topological polar surface area (TPSA) is 146 Å². The molecule has 0 radical (unpaired) electrons. The normalized spacial score (nSPS) is 13.5. The number of amides is 3. The van der Waals surface area contributed by atoms with Crippen LogP contribution < -0.4 is 14.8 Å². The summed E-state index contributed by atoms with van der Waals surface area (Å²) >= 11 is 8.21. The third-order valence-electron chi connectivity index (χ3n) is 12.9. The Morgan fingerprint density at radius 1 is 0.824 bits per heavy atom. The van der Waals surface area contributed by atoms with E-state index in [-0.39, 0.29) is 41.1 Å². The van der Waals surface area contributed by atoms with Crippen molar-refractivity contribution in [2.75, 3.05) is 26.6 Å². The summed E-state index contributed by atoms with van der Waals surface area (Å²) in [4.78, 5) is 53.7. The molecule has 0 atom stereocenters. The van der Waals surface area contributed by atoms with Crippen LogP contribution in [0.15, 0.2) is 133 Å². The zero-order chi connectivity index (χ0) is 52.7. The molecule has 0 unspecified atom stereocenters. The molecule has 74 heavy (non-hydrogen) atoms. The van der Waals surface area contributed by atoms with Gasteiger partial charge < -0.3 is 42.7 Å². The van der Waals surface area contributed by atoms with Gasteiger partial charge in [0.15, 0.2) is 11.5 Å². The van der Waals surface area contributed by atoms with Gasteiger partial charge >= 0.3 is 0 Å². The minimum atomic E-state index is -0.371. The Balaban J connectivity index is 0.000000163. The van der Waals surface area contributed by atoms with Crippen LogP contribution in [0, 0.1) is 5.82 Å². The van der Waals surface area contributed by atoms with E-state index in [9.17, 15) is 23.6 Å². The molecule has 13 nitrogen and oxygen atoms in total. The Morgan fingerprint density at radius 2 is 1.58 bits per heavy atom. The van der Waals surface area contributed by atoms with Crippen molar-refractivity contribution in [3.63, 3.8) is 0 Å². The molecule has 2 aliphatic rings. The van der Waals surface area contributed by atoms with Crippen molar-refractivity contribution in [1.82, 2.24) is 14.4 Å². The van der Waals surface area contributed by atoms with E-state index in [2.05, 4.69) is 37.2 Å². The number of halogens is 3. The first kappa shape index (κ1) is 55.5. The maximum atomic E-state index is 14.0. The second-order valence-electron chi connectivity index (χ2n) is 18.2. The van der Waals surface area contributed by atoms with E-state index in [1.165, 1.54) is 43.6 Å². The van der Waals surface area contributed by atoms with E-state index >= 15 is 0 Å². The Hall–Kier alpha value is -6.27. The van der Waals surface area contributed by atoms with Crippen molar-refractivity contribution >= 4 is 72.4 Å². The number of carbonyl (C=O) groups excluding carboxylic acids is 4. The number of ketones is 1. The molecular formula is C57H61Br2FN4O9S. The summed E-state index contributed by atoms with van der Waals surface area (Å²) in [5.74, 6) is 1.87. The molecule has 9 rings (SSSR count). The zero-order valence-corrected chi connectivity index (χ0v) is 46.2. The van der Waals surface area contributed by atoms with Crippen LogP contribution in [0.1, 0.15) is 123 Å². The highest BCUT2D eigenvalue weighted by atomic mass is 79.9. The largest absolute Gasteiger partial charge is 0.497 e. The number of aryl methyl sites for hydroxylation is 1. The van der Waals surface area contributed by atoms with Gasteiger partial charge in [-0.15, -0.1) is 11.3 Å². The van der Waals surface area contributed by atoms with Crippen molar-refractivity contribution in [3.8, 4) is 22.8 Å². The van der Waals surface area contributed by atoms with Gasteiger partial charge in [-0.05, 0) is 143 Å². The number of aromatic nitrogens is 1. The fourth-order valence-corrected chi connectivity index (χ4v) is 10.9. The number of thiophene rings is 1. The van der Waals surface area contributed by atoms with E-state index in [1.807, 2.05) is 65.6 Å². The van der Waals surface area contributed by atoms with Gasteiger partial charge in [0, 0.05) is 60.2 Å². The SMILES string of the molecule is CC(=O)c1cc(C(=O)Nc2cccc(COC3CCCCC3)c2)n(C)c1.COc1ccc(CN(C)C(=O)c2cc(Br)c(Br)s2)c(OC)c1.O=C(c1ccc(-c2ccccc2F)o1)N(Cc1ccco1)C1CCCC1. The molecular weight excluding hydrogens is 1100 g/mol. The van der Waals surface area contributed by atoms with Crippen molar-refractivity contribution in [2.24, 2.45) is 7.05 Å². The van der Waals surface area contributed by atoms with Crippen LogP contribution in [0.3, 0.4) is 0 Å². The standard InChI is InChI=1S/C21H20FNO3.C21H26N2O3.C15H15Br2NO3S/c22-18-10-4-3-9-17(18)19-11-12-20(26-19)21(24)23(15-6-1-2-7-15)14-16-8-5-13-25-16;1-15(24)17-12-20(23(2)13-17)21(25)22-18-8-6-7-16(11-18)14-26-19-9-4-3-5-10-19;1-18(15(19)13-7-11(16)14(17)22-13)8-9-4-5-10(20-2)6-12(9)21-3/h3-5,8-13,15H,1-2,6-7,14H2;6-8,11-13,19H,3-5,9-10,14H2,1-2H3,(H,22,25);4-7H,8H2,1-3H3. The first-order chi connectivity index (χ1) is 35.7. The molecule has 4 aromatic heterocycles. The molecule has 0 saturated heterocycles. The number of hydrogen-bond donors (Lipinski definition) is 1. The molecule has 0 bridgehead atoms.